The van der Waals surface area contributed by atoms with Crippen LogP contribution in [-0.2, 0) is 27.8 Å². The Balaban J connectivity index is 1.31. The summed E-state index contributed by atoms with van der Waals surface area (Å²) in [5, 5.41) is 8.17. The van der Waals surface area contributed by atoms with Gasteiger partial charge in [0.15, 0.2) is 6.61 Å². The second-order valence-corrected chi connectivity index (χ2v) is 12.8. The van der Waals surface area contributed by atoms with Crippen LogP contribution in [0, 0.1) is 6.92 Å². The minimum Gasteiger partial charge on any atom is -0.466 e. The molecule has 0 radical (unpaired) electrons. The highest BCUT2D eigenvalue weighted by molar-refractivity contribution is 7.89. The Morgan fingerprint density at radius 2 is 1.84 bits per heavy atom. The fourth-order valence-electron chi connectivity index (χ4n) is 6.47. The number of carbonyl (C=O) groups is 1. The second-order valence-electron chi connectivity index (χ2n) is 10.9. The molecule has 1 N–H and O–H groups in total. The molecule has 1 aromatic carbocycles. The highest BCUT2D eigenvalue weighted by Gasteiger charge is 2.46. The average Bonchev–Trinajstić information content (AvgIpc) is 3.23. The number of nitrogens with zero attached hydrogens (tertiary/aromatic N) is 5. The van der Waals surface area contributed by atoms with E-state index < -0.39 is 16.2 Å². The van der Waals surface area contributed by atoms with Gasteiger partial charge in [0.1, 0.15) is 6.17 Å². The summed E-state index contributed by atoms with van der Waals surface area (Å²) in [5.41, 5.74) is 3.10. The van der Waals surface area contributed by atoms with Crippen molar-refractivity contribution in [3.63, 3.8) is 0 Å². The zero-order valence-corrected chi connectivity index (χ0v) is 23.0. The molecule has 10 nitrogen and oxygen atoms in total. The first-order chi connectivity index (χ1) is 18.4. The maximum absolute atomic E-state index is 13.8. The summed E-state index contributed by atoms with van der Waals surface area (Å²) < 4.78 is 37.2. The number of piperazine rings is 1. The van der Waals surface area contributed by atoms with Crippen molar-refractivity contribution < 1.29 is 17.9 Å². The van der Waals surface area contributed by atoms with E-state index >= 15 is 0 Å². The smallest absolute Gasteiger partial charge is 0.262 e. The van der Waals surface area contributed by atoms with E-state index in [9.17, 15) is 13.2 Å². The van der Waals surface area contributed by atoms with Gasteiger partial charge in [-0.2, -0.15) is 4.31 Å². The largest absolute Gasteiger partial charge is 0.466 e. The minimum absolute atomic E-state index is 0.138. The van der Waals surface area contributed by atoms with E-state index in [1.165, 1.54) is 23.6 Å². The quantitative estimate of drug-likeness (QED) is 0.595. The first kappa shape index (κ1) is 25.8. The van der Waals surface area contributed by atoms with E-state index in [0.717, 1.165) is 62.3 Å². The van der Waals surface area contributed by atoms with Gasteiger partial charge in [-0.15, -0.1) is 5.10 Å². The van der Waals surface area contributed by atoms with E-state index in [1.807, 2.05) is 19.1 Å². The lowest BCUT2D eigenvalue weighted by atomic mass is 9.90. The molecule has 2 atom stereocenters. The molecule has 0 spiro atoms. The van der Waals surface area contributed by atoms with Gasteiger partial charge in [-0.25, -0.2) is 8.42 Å². The number of aryl methyl sites for hydroxylation is 1. The van der Waals surface area contributed by atoms with Crippen molar-refractivity contribution >= 4 is 15.9 Å². The van der Waals surface area contributed by atoms with E-state index in [2.05, 4.69) is 14.9 Å². The van der Waals surface area contributed by atoms with E-state index in [0.29, 0.717) is 25.5 Å². The molecule has 2 aromatic rings. The Morgan fingerprint density at radius 3 is 2.63 bits per heavy atom. The first-order valence-corrected chi connectivity index (χ1v) is 15.4. The molecule has 0 saturated carbocycles. The van der Waals surface area contributed by atoms with Crippen LogP contribution in [0.4, 0.5) is 0 Å². The number of carbonyl (C=O) groups excluding carboxylic acids is 1. The first-order valence-electron chi connectivity index (χ1n) is 14.0. The minimum atomic E-state index is -3.80. The topological polar surface area (TPSA) is 100 Å². The molecule has 6 rings (SSSR count). The molecule has 206 valence electrons. The number of piperidine rings is 1. The van der Waals surface area contributed by atoms with E-state index in [1.54, 1.807) is 17.0 Å². The van der Waals surface area contributed by atoms with Crippen molar-refractivity contribution in [2.24, 2.45) is 0 Å². The van der Waals surface area contributed by atoms with Gasteiger partial charge >= 0.3 is 0 Å². The maximum atomic E-state index is 13.8. The van der Waals surface area contributed by atoms with Crippen LogP contribution in [0.25, 0.3) is 0 Å². The highest BCUT2D eigenvalue weighted by atomic mass is 32.2. The van der Waals surface area contributed by atoms with Gasteiger partial charge in [0.25, 0.3) is 5.91 Å². The molecule has 2 fully saturated rings. The number of hydrogen-bond acceptors (Lipinski definition) is 7. The van der Waals surface area contributed by atoms with Crippen LogP contribution in [0.3, 0.4) is 0 Å². The lowest BCUT2D eigenvalue weighted by molar-refractivity contribution is -0.141. The van der Waals surface area contributed by atoms with Crippen molar-refractivity contribution in [3.05, 3.63) is 41.1 Å². The average molecular weight is 543 g/mol. The van der Waals surface area contributed by atoms with Gasteiger partial charge in [-0.1, -0.05) is 24.1 Å². The van der Waals surface area contributed by atoms with Crippen LogP contribution < -0.4 is 10.1 Å². The number of amides is 1. The Kier molecular flexibility index (Phi) is 7.19. The molecule has 38 heavy (non-hydrogen) atoms. The molecule has 2 saturated heterocycles. The number of aromatic nitrogens is 2. The molecule has 4 aliphatic rings. The fraction of sp³-hybridized carbons (Fsp3) is 0.630. The summed E-state index contributed by atoms with van der Waals surface area (Å²) in [6.45, 7) is 7.03. The number of nitrogens with one attached hydrogen (secondary N) is 1. The molecular weight excluding hydrogens is 504 g/mol. The van der Waals surface area contributed by atoms with Crippen LogP contribution in [0.15, 0.2) is 29.2 Å². The summed E-state index contributed by atoms with van der Waals surface area (Å²) in [6, 6.07) is 6.67. The van der Waals surface area contributed by atoms with E-state index in [-0.39, 0.29) is 23.5 Å². The molecule has 2 unspecified atom stereocenters. The standard InChI is InChI=1S/C27H38N6O4S/c1-20-8-10-21(11-9-20)38(35,36)32-15-12-28-18-24(32)33-23-7-5-6-22-26(23)27(37-19-25(33)34)29-31(22)17-16-30-13-3-2-4-14-30/h8-11,23-24,28H,2-7,12-19H2,1H3. The lowest BCUT2D eigenvalue weighted by Crippen LogP contribution is -2.63. The number of sulfonamides is 1. The van der Waals surface area contributed by atoms with Crippen molar-refractivity contribution in [2.75, 3.05) is 45.9 Å². The summed E-state index contributed by atoms with van der Waals surface area (Å²) in [4.78, 5) is 18.1. The summed E-state index contributed by atoms with van der Waals surface area (Å²) in [5.74, 6) is 0.342. The van der Waals surface area contributed by atoms with Gasteiger partial charge in [-0.3, -0.25) is 9.48 Å². The number of rotatable bonds is 6. The van der Waals surface area contributed by atoms with Crippen molar-refractivity contribution in [3.8, 4) is 5.88 Å². The molecule has 1 aliphatic carbocycles. The highest BCUT2D eigenvalue weighted by Crippen LogP contribution is 2.43. The maximum Gasteiger partial charge on any atom is 0.262 e. The third-order valence-electron chi connectivity index (χ3n) is 8.44. The summed E-state index contributed by atoms with van der Waals surface area (Å²) >= 11 is 0. The monoisotopic (exact) mass is 542 g/mol. The van der Waals surface area contributed by atoms with Gasteiger partial charge in [0.2, 0.25) is 15.9 Å². The molecule has 11 heteroatoms. The van der Waals surface area contributed by atoms with Crippen LogP contribution in [0.1, 0.15) is 55.0 Å². The normalized spacial score (nSPS) is 25.1. The van der Waals surface area contributed by atoms with Crippen molar-refractivity contribution in [1.29, 1.82) is 0 Å². The number of benzene rings is 1. The van der Waals surface area contributed by atoms with Gasteiger partial charge in [0, 0.05) is 31.9 Å². The third kappa shape index (κ3) is 4.74. The Labute approximate surface area is 225 Å². The molecule has 1 aromatic heterocycles. The van der Waals surface area contributed by atoms with Crippen LogP contribution in [0.2, 0.25) is 0 Å². The van der Waals surface area contributed by atoms with Gasteiger partial charge in [0.05, 0.1) is 23.0 Å². The molecule has 1 amide bonds. The molecular formula is C27H38N6O4S. The predicted octanol–water partition coefficient (Wildman–Crippen LogP) is 1.90. The Morgan fingerprint density at radius 1 is 1.05 bits per heavy atom. The van der Waals surface area contributed by atoms with Gasteiger partial charge in [-0.05, 0) is 64.3 Å². The lowest BCUT2D eigenvalue weighted by Gasteiger charge is -2.45. The molecule has 3 aliphatic heterocycles. The van der Waals surface area contributed by atoms with Crippen molar-refractivity contribution in [2.45, 2.75) is 69.1 Å². The third-order valence-corrected chi connectivity index (χ3v) is 10.3. The summed E-state index contributed by atoms with van der Waals surface area (Å²) in [6.07, 6.45) is 5.75. The fourth-order valence-corrected chi connectivity index (χ4v) is 8.05. The zero-order valence-electron chi connectivity index (χ0n) is 22.1. The van der Waals surface area contributed by atoms with Crippen LogP contribution in [-0.4, -0.2) is 90.3 Å². The second kappa shape index (κ2) is 10.6. The van der Waals surface area contributed by atoms with E-state index in [4.69, 9.17) is 9.84 Å². The predicted molar refractivity (Wildman–Crippen MR) is 142 cm³/mol. The summed E-state index contributed by atoms with van der Waals surface area (Å²) in [7, 11) is -3.80. The van der Waals surface area contributed by atoms with Gasteiger partial charge < -0.3 is 19.9 Å². The van der Waals surface area contributed by atoms with Crippen molar-refractivity contribution in [1.82, 2.24) is 29.2 Å². The molecule has 0 bridgehead atoms. The Hall–Kier alpha value is -2.47. The number of likely N-dealkylation sites (tertiary alicyclic amines) is 1. The Bertz CT molecular complexity index is 1270. The number of ether oxygens (including phenoxy) is 1. The SMILES string of the molecule is Cc1ccc(S(=O)(=O)N2CCNCC2N2C(=O)COc3nn(CCN4CCCCC4)c4c3C2CCC4)cc1. The van der Waals surface area contributed by atoms with Crippen LogP contribution in [0.5, 0.6) is 5.88 Å². The number of hydrogen-bond donors (Lipinski definition) is 1. The zero-order chi connectivity index (χ0) is 26.3. The molecule has 4 heterocycles. The van der Waals surface area contributed by atoms with Crippen LogP contribution >= 0.6 is 0 Å².